The highest BCUT2D eigenvalue weighted by Gasteiger charge is 2.36. The zero-order valence-corrected chi connectivity index (χ0v) is 10.7. The summed E-state index contributed by atoms with van der Waals surface area (Å²) in [6, 6.07) is 0. The largest absolute Gasteiger partial charge is 0.319 e. The van der Waals surface area contributed by atoms with Crippen LogP contribution in [0, 0.1) is 5.92 Å². The SMILES string of the molecule is CC1CCn2c(nnc2C2(N)CCCCC2)C1. The number of aromatic nitrogens is 3. The third-order valence-corrected chi connectivity index (χ3v) is 4.40. The van der Waals surface area contributed by atoms with Crippen LogP contribution in [0.15, 0.2) is 0 Å². The lowest BCUT2D eigenvalue weighted by molar-refractivity contribution is 0.269. The zero-order chi connectivity index (χ0) is 11.9. The molecule has 3 rings (SSSR count). The molecule has 1 aliphatic carbocycles. The molecule has 0 bridgehead atoms. The van der Waals surface area contributed by atoms with Crippen LogP contribution >= 0.6 is 0 Å². The summed E-state index contributed by atoms with van der Waals surface area (Å²) in [7, 11) is 0. The van der Waals surface area contributed by atoms with Crippen molar-refractivity contribution in [2.24, 2.45) is 11.7 Å². The molecule has 1 aromatic heterocycles. The van der Waals surface area contributed by atoms with Gasteiger partial charge >= 0.3 is 0 Å². The lowest BCUT2D eigenvalue weighted by atomic mass is 9.81. The van der Waals surface area contributed by atoms with Crippen molar-refractivity contribution in [3.05, 3.63) is 11.6 Å². The maximum atomic E-state index is 6.56. The summed E-state index contributed by atoms with van der Waals surface area (Å²) >= 11 is 0. The van der Waals surface area contributed by atoms with E-state index in [4.69, 9.17) is 5.73 Å². The highest BCUT2D eigenvalue weighted by Crippen LogP contribution is 2.35. The molecule has 0 spiro atoms. The van der Waals surface area contributed by atoms with Gasteiger partial charge in [0, 0.05) is 13.0 Å². The van der Waals surface area contributed by atoms with Crippen molar-refractivity contribution < 1.29 is 0 Å². The summed E-state index contributed by atoms with van der Waals surface area (Å²) in [6.45, 7) is 3.34. The summed E-state index contributed by atoms with van der Waals surface area (Å²) in [4.78, 5) is 0. The Morgan fingerprint density at radius 2 is 2.00 bits per heavy atom. The Hall–Kier alpha value is -0.900. The van der Waals surface area contributed by atoms with Gasteiger partial charge in [-0.3, -0.25) is 0 Å². The van der Waals surface area contributed by atoms with Crippen LogP contribution in [0.5, 0.6) is 0 Å². The number of nitrogens with two attached hydrogens (primary N) is 1. The van der Waals surface area contributed by atoms with E-state index in [1.165, 1.54) is 25.7 Å². The first kappa shape index (κ1) is 11.2. The highest BCUT2D eigenvalue weighted by atomic mass is 15.3. The number of hydrogen-bond donors (Lipinski definition) is 1. The minimum atomic E-state index is -0.204. The first-order valence-corrected chi connectivity index (χ1v) is 6.90. The molecule has 0 radical (unpaired) electrons. The molecule has 1 fully saturated rings. The molecule has 0 aromatic carbocycles. The van der Waals surface area contributed by atoms with E-state index in [0.29, 0.717) is 0 Å². The Balaban J connectivity index is 1.93. The van der Waals surface area contributed by atoms with Crippen LogP contribution in [-0.4, -0.2) is 14.8 Å². The van der Waals surface area contributed by atoms with Crippen molar-refractivity contribution in [2.75, 3.05) is 0 Å². The average molecular weight is 234 g/mol. The summed E-state index contributed by atoms with van der Waals surface area (Å²) in [5, 5.41) is 8.78. The summed E-state index contributed by atoms with van der Waals surface area (Å²) in [5.74, 6) is 2.94. The van der Waals surface area contributed by atoms with E-state index in [1.807, 2.05) is 0 Å². The van der Waals surface area contributed by atoms with Gasteiger partial charge < -0.3 is 10.3 Å². The van der Waals surface area contributed by atoms with E-state index in [-0.39, 0.29) is 5.54 Å². The molecule has 0 amide bonds. The Bertz CT molecular complexity index is 404. The van der Waals surface area contributed by atoms with Gasteiger partial charge in [-0.2, -0.15) is 0 Å². The Morgan fingerprint density at radius 3 is 2.76 bits per heavy atom. The Labute approximate surface area is 103 Å². The molecule has 4 heteroatoms. The van der Waals surface area contributed by atoms with Crippen molar-refractivity contribution in [3.8, 4) is 0 Å². The van der Waals surface area contributed by atoms with E-state index in [2.05, 4.69) is 21.7 Å². The fraction of sp³-hybridized carbons (Fsp3) is 0.846. The normalized spacial score (nSPS) is 27.8. The molecule has 4 nitrogen and oxygen atoms in total. The second-order valence-electron chi connectivity index (χ2n) is 5.91. The standard InChI is InChI=1S/C13H22N4/c1-10-5-8-17-11(9-10)15-16-12(17)13(14)6-3-2-4-7-13/h10H,2-9,14H2,1H3. The van der Waals surface area contributed by atoms with Crippen LogP contribution in [-0.2, 0) is 18.5 Å². The minimum Gasteiger partial charge on any atom is -0.319 e. The predicted octanol–water partition coefficient (Wildman–Crippen LogP) is 1.98. The van der Waals surface area contributed by atoms with Crippen LogP contribution in [0.1, 0.15) is 57.1 Å². The fourth-order valence-corrected chi connectivity index (χ4v) is 3.26. The van der Waals surface area contributed by atoms with Crippen LogP contribution in [0.25, 0.3) is 0 Å². The van der Waals surface area contributed by atoms with Crippen molar-refractivity contribution in [1.29, 1.82) is 0 Å². The van der Waals surface area contributed by atoms with Gasteiger partial charge in [-0.1, -0.05) is 26.2 Å². The van der Waals surface area contributed by atoms with Crippen LogP contribution in [0.2, 0.25) is 0 Å². The lowest BCUT2D eigenvalue weighted by Crippen LogP contribution is -2.42. The van der Waals surface area contributed by atoms with Crippen LogP contribution in [0.4, 0.5) is 0 Å². The summed E-state index contributed by atoms with van der Waals surface area (Å²) in [6.07, 6.45) is 8.21. The minimum absolute atomic E-state index is 0.204. The van der Waals surface area contributed by atoms with Gasteiger partial charge in [0.2, 0.25) is 0 Å². The molecule has 1 aromatic rings. The molecule has 1 unspecified atom stereocenters. The molecule has 1 aliphatic heterocycles. The maximum Gasteiger partial charge on any atom is 0.153 e. The van der Waals surface area contributed by atoms with E-state index in [1.54, 1.807) is 0 Å². The van der Waals surface area contributed by atoms with E-state index >= 15 is 0 Å². The van der Waals surface area contributed by atoms with E-state index in [9.17, 15) is 0 Å². The molecular formula is C13H22N4. The molecule has 1 atom stereocenters. The van der Waals surface area contributed by atoms with Gasteiger partial charge in [-0.05, 0) is 25.2 Å². The topological polar surface area (TPSA) is 56.7 Å². The van der Waals surface area contributed by atoms with Crippen LogP contribution < -0.4 is 5.73 Å². The van der Waals surface area contributed by atoms with Crippen LogP contribution in [0.3, 0.4) is 0 Å². The monoisotopic (exact) mass is 234 g/mol. The van der Waals surface area contributed by atoms with E-state index < -0.39 is 0 Å². The van der Waals surface area contributed by atoms with Gasteiger partial charge in [-0.15, -0.1) is 10.2 Å². The first-order valence-electron chi connectivity index (χ1n) is 6.90. The third-order valence-electron chi connectivity index (χ3n) is 4.40. The Morgan fingerprint density at radius 1 is 1.24 bits per heavy atom. The molecule has 0 saturated heterocycles. The molecule has 2 aliphatic rings. The highest BCUT2D eigenvalue weighted by molar-refractivity contribution is 5.11. The molecule has 94 valence electrons. The quantitative estimate of drug-likeness (QED) is 0.808. The van der Waals surface area contributed by atoms with Crippen molar-refractivity contribution in [2.45, 2.75) is 64.0 Å². The number of nitrogens with zero attached hydrogens (tertiary/aromatic N) is 3. The van der Waals surface area contributed by atoms with E-state index in [0.717, 1.165) is 43.4 Å². The van der Waals surface area contributed by atoms with Gasteiger partial charge in [0.25, 0.3) is 0 Å². The smallest absolute Gasteiger partial charge is 0.153 e. The average Bonchev–Trinajstić information content (AvgIpc) is 2.73. The molecular weight excluding hydrogens is 212 g/mol. The zero-order valence-electron chi connectivity index (χ0n) is 10.7. The van der Waals surface area contributed by atoms with Gasteiger partial charge in [0.1, 0.15) is 5.82 Å². The number of fused-ring (bicyclic) bond motifs is 1. The molecule has 17 heavy (non-hydrogen) atoms. The first-order chi connectivity index (χ1) is 8.19. The summed E-state index contributed by atoms with van der Waals surface area (Å²) < 4.78 is 2.30. The Kier molecular flexibility index (Phi) is 2.69. The second kappa shape index (κ2) is 4.09. The summed E-state index contributed by atoms with van der Waals surface area (Å²) in [5.41, 5.74) is 6.36. The molecule has 2 heterocycles. The maximum absolute atomic E-state index is 6.56. The number of rotatable bonds is 1. The third kappa shape index (κ3) is 1.88. The van der Waals surface area contributed by atoms with Crippen molar-refractivity contribution in [3.63, 3.8) is 0 Å². The van der Waals surface area contributed by atoms with Crippen molar-refractivity contribution >= 4 is 0 Å². The van der Waals surface area contributed by atoms with Crippen molar-refractivity contribution in [1.82, 2.24) is 14.8 Å². The second-order valence-corrected chi connectivity index (χ2v) is 5.91. The molecule has 1 saturated carbocycles. The van der Waals surface area contributed by atoms with Gasteiger partial charge in [0.15, 0.2) is 5.82 Å². The van der Waals surface area contributed by atoms with Gasteiger partial charge in [0.05, 0.1) is 5.54 Å². The predicted molar refractivity (Wildman–Crippen MR) is 66.5 cm³/mol. The molecule has 2 N–H and O–H groups in total. The number of hydrogen-bond acceptors (Lipinski definition) is 3. The lowest BCUT2D eigenvalue weighted by Gasteiger charge is -2.33. The van der Waals surface area contributed by atoms with Gasteiger partial charge in [-0.25, -0.2) is 0 Å². The fourth-order valence-electron chi connectivity index (χ4n) is 3.26.